The van der Waals surface area contributed by atoms with Crippen LogP contribution in [0.15, 0.2) is 30.3 Å². The van der Waals surface area contributed by atoms with Crippen LogP contribution in [0.3, 0.4) is 0 Å². The van der Waals surface area contributed by atoms with Crippen molar-refractivity contribution < 1.29 is 18.3 Å². The van der Waals surface area contributed by atoms with Gasteiger partial charge in [-0.05, 0) is 25.5 Å². The number of nitrogens with one attached hydrogen (secondary N) is 1. The number of carbonyl (C=O) groups is 1. The highest BCUT2D eigenvalue weighted by molar-refractivity contribution is 5.77. The standard InChI is InChI=1S/C13H17F2NO2/c1-2-18-12(17)13(14,15)10-16-9-8-11-6-4-3-5-7-11/h3-7,16H,2,8-10H2,1H3. The quantitative estimate of drug-likeness (QED) is 0.600. The monoisotopic (exact) mass is 257 g/mol. The highest BCUT2D eigenvalue weighted by Crippen LogP contribution is 2.14. The first-order valence-corrected chi connectivity index (χ1v) is 5.86. The van der Waals surface area contributed by atoms with Gasteiger partial charge in [0, 0.05) is 0 Å². The lowest BCUT2D eigenvalue weighted by Gasteiger charge is -2.15. The second-order valence-corrected chi connectivity index (χ2v) is 3.84. The molecule has 0 saturated heterocycles. The molecular formula is C13H17F2NO2. The molecule has 3 nitrogen and oxygen atoms in total. The minimum atomic E-state index is -3.47. The highest BCUT2D eigenvalue weighted by Gasteiger charge is 2.39. The summed E-state index contributed by atoms with van der Waals surface area (Å²) in [5.41, 5.74) is 1.06. The Balaban J connectivity index is 2.27. The van der Waals surface area contributed by atoms with E-state index in [0.717, 1.165) is 5.56 Å². The zero-order valence-corrected chi connectivity index (χ0v) is 10.3. The van der Waals surface area contributed by atoms with E-state index < -0.39 is 18.4 Å². The summed E-state index contributed by atoms with van der Waals surface area (Å²) in [7, 11) is 0. The van der Waals surface area contributed by atoms with Crippen molar-refractivity contribution in [2.75, 3.05) is 19.7 Å². The fourth-order valence-corrected chi connectivity index (χ4v) is 1.43. The number of hydrogen-bond acceptors (Lipinski definition) is 3. The maximum absolute atomic E-state index is 13.2. The zero-order valence-electron chi connectivity index (χ0n) is 10.3. The minimum Gasteiger partial charge on any atom is -0.462 e. The average molecular weight is 257 g/mol. The van der Waals surface area contributed by atoms with E-state index in [9.17, 15) is 13.6 Å². The molecule has 0 bridgehead atoms. The summed E-state index contributed by atoms with van der Waals surface area (Å²) >= 11 is 0. The van der Waals surface area contributed by atoms with Gasteiger partial charge in [0.25, 0.3) is 0 Å². The summed E-state index contributed by atoms with van der Waals surface area (Å²) in [6.45, 7) is 1.15. The molecule has 0 spiro atoms. The van der Waals surface area contributed by atoms with Gasteiger partial charge in [0.05, 0.1) is 13.2 Å². The van der Waals surface area contributed by atoms with Crippen molar-refractivity contribution in [3.05, 3.63) is 35.9 Å². The number of alkyl halides is 2. The molecule has 0 radical (unpaired) electrons. The van der Waals surface area contributed by atoms with Crippen molar-refractivity contribution in [3.63, 3.8) is 0 Å². The maximum Gasteiger partial charge on any atom is 0.378 e. The third-order valence-electron chi connectivity index (χ3n) is 2.35. The predicted octanol–water partition coefficient (Wildman–Crippen LogP) is 2.02. The van der Waals surface area contributed by atoms with Crippen LogP contribution in [-0.2, 0) is 16.0 Å². The number of carbonyl (C=O) groups excluding carboxylic acids is 1. The average Bonchev–Trinajstić information content (AvgIpc) is 2.36. The molecule has 18 heavy (non-hydrogen) atoms. The second-order valence-electron chi connectivity index (χ2n) is 3.84. The smallest absolute Gasteiger partial charge is 0.378 e. The van der Waals surface area contributed by atoms with Gasteiger partial charge < -0.3 is 10.1 Å². The Labute approximate surface area is 105 Å². The van der Waals surface area contributed by atoms with Crippen molar-refractivity contribution in [3.8, 4) is 0 Å². The molecule has 0 aliphatic rings. The summed E-state index contributed by atoms with van der Waals surface area (Å²) < 4.78 is 30.7. The van der Waals surface area contributed by atoms with E-state index in [-0.39, 0.29) is 6.61 Å². The molecule has 0 atom stereocenters. The minimum absolute atomic E-state index is 0.0432. The first-order valence-electron chi connectivity index (χ1n) is 5.86. The molecule has 1 rings (SSSR count). The topological polar surface area (TPSA) is 38.3 Å². The lowest BCUT2D eigenvalue weighted by Crippen LogP contribution is -2.41. The third-order valence-corrected chi connectivity index (χ3v) is 2.35. The number of halogens is 2. The van der Waals surface area contributed by atoms with Crippen LogP contribution in [0.1, 0.15) is 12.5 Å². The summed E-state index contributed by atoms with van der Waals surface area (Å²) in [6, 6.07) is 9.52. The lowest BCUT2D eigenvalue weighted by molar-refractivity contribution is -0.170. The number of esters is 1. The van der Waals surface area contributed by atoms with Crippen molar-refractivity contribution >= 4 is 5.97 Å². The van der Waals surface area contributed by atoms with Crippen molar-refractivity contribution in [1.29, 1.82) is 0 Å². The molecule has 0 amide bonds. The van der Waals surface area contributed by atoms with E-state index in [1.54, 1.807) is 0 Å². The Morgan fingerprint density at radius 2 is 2.00 bits per heavy atom. The van der Waals surface area contributed by atoms with Crippen molar-refractivity contribution in [1.82, 2.24) is 5.32 Å². The molecule has 0 unspecified atom stereocenters. The fourth-order valence-electron chi connectivity index (χ4n) is 1.43. The normalized spacial score (nSPS) is 11.3. The Kier molecular flexibility index (Phi) is 5.71. The molecule has 5 heteroatoms. The van der Waals surface area contributed by atoms with Crippen LogP contribution in [0.25, 0.3) is 0 Å². The van der Waals surface area contributed by atoms with E-state index in [1.165, 1.54) is 6.92 Å². The molecule has 1 aromatic carbocycles. The molecule has 100 valence electrons. The predicted molar refractivity (Wildman–Crippen MR) is 64.6 cm³/mol. The highest BCUT2D eigenvalue weighted by atomic mass is 19.3. The molecule has 0 saturated carbocycles. The van der Waals surface area contributed by atoms with Crippen molar-refractivity contribution in [2.45, 2.75) is 19.3 Å². The summed E-state index contributed by atoms with van der Waals surface area (Å²) in [6.07, 6.45) is 0.639. The summed E-state index contributed by atoms with van der Waals surface area (Å²) in [4.78, 5) is 10.9. The molecule has 1 aromatic rings. The van der Waals surface area contributed by atoms with Gasteiger partial charge in [-0.3, -0.25) is 0 Å². The number of benzene rings is 1. The van der Waals surface area contributed by atoms with Gasteiger partial charge in [-0.2, -0.15) is 8.78 Å². The van der Waals surface area contributed by atoms with Gasteiger partial charge in [-0.15, -0.1) is 0 Å². The van der Waals surface area contributed by atoms with E-state index >= 15 is 0 Å². The molecule has 0 fully saturated rings. The first kappa shape index (κ1) is 14.6. The van der Waals surface area contributed by atoms with E-state index in [2.05, 4.69) is 10.1 Å². The van der Waals surface area contributed by atoms with Gasteiger partial charge >= 0.3 is 11.9 Å². The number of rotatable bonds is 7. The van der Waals surface area contributed by atoms with Crippen LogP contribution in [0, 0.1) is 0 Å². The zero-order chi connectivity index (χ0) is 13.4. The van der Waals surface area contributed by atoms with Gasteiger partial charge in [-0.1, -0.05) is 30.3 Å². The number of hydrogen-bond donors (Lipinski definition) is 1. The number of ether oxygens (including phenoxy) is 1. The van der Waals surface area contributed by atoms with Crippen LogP contribution in [0.2, 0.25) is 0 Å². The van der Waals surface area contributed by atoms with Gasteiger partial charge in [0.1, 0.15) is 0 Å². The molecule has 0 aliphatic carbocycles. The SMILES string of the molecule is CCOC(=O)C(F)(F)CNCCc1ccccc1. The van der Waals surface area contributed by atoms with Gasteiger partial charge in [0.15, 0.2) is 0 Å². The largest absolute Gasteiger partial charge is 0.462 e. The molecular weight excluding hydrogens is 240 g/mol. The lowest BCUT2D eigenvalue weighted by atomic mass is 10.1. The summed E-state index contributed by atoms with van der Waals surface area (Å²) in [5, 5.41) is 2.56. The Hall–Kier alpha value is -1.49. The fraction of sp³-hybridized carbons (Fsp3) is 0.462. The molecule has 0 aliphatic heterocycles. The van der Waals surface area contributed by atoms with Crippen LogP contribution in [-0.4, -0.2) is 31.6 Å². The Bertz CT molecular complexity index is 369. The van der Waals surface area contributed by atoms with E-state index in [0.29, 0.717) is 13.0 Å². The van der Waals surface area contributed by atoms with Crippen LogP contribution >= 0.6 is 0 Å². The van der Waals surface area contributed by atoms with Crippen LogP contribution in [0.5, 0.6) is 0 Å². The molecule has 1 N–H and O–H groups in total. The van der Waals surface area contributed by atoms with Gasteiger partial charge in [-0.25, -0.2) is 4.79 Å². The Morgan fingerprint density at radius 3 is 2.61 bits per heavy atom. The van der Waals surface area contributed by atoms with E-state index in [4.69, 9.17) is 0 Å². The van der Waals surface area contributed by atoms with Crippen LogP contribution < -0.4 is 5.32 Å². The maximum atomic E-state index is 13.2. The second kappa shape index (κ2) is 7.06. The summed E-state index contributed by atoms with van der Waals surface area (Å²) in [5.74, 6) is -4.94. The third kappa shape index (κ3) is 4.79. The first-order chi connectivity index (χ1) is 8.56. The van der Waals surface area contributed by atoms with E-state index in [1.807, 2.05) is 30.3 Å². The van der Waals surface area contributed by atoms with Crippen molar-refractivity contribution in [2.24, 2.45) is 0 Å². The Morgan fingerprint density at radius 1 is 1.33 bits per heavy atom. The van der Waals surface area contributed by atoms with Gasteiger partial charge in [0.2, 0.25) is 0 Å². The molecule has 0 aromatic heterocycles. The molecule has 0 heterocycles. The van der Waals surface area contributed by atoms with Crippen LogP contribution in [0.4, 0.5) is 8.78 Å².